The van der Waals surface area contributed by atoms with Gasteiger partial charge in [-0.1, -0.05) is 13.8 Å². The Morgan fingerprint density at radius 1 is 1.50 bits per heavy atom. The molecule has 1 N–H and O–H groups in total. The van der Waals surface area contributed by atoms with Gasteiger partial charge in [0.05, 0.1) is 6.61 Å². The van der Waals surface area contributed by atoms with Gasteiger partial charge < -0.3 is 10.1 Å². The maximum atomic E-state index is 5.42. The Balaban J connectivity index is 2.04. The van der Waals surface area contributed by atoms with Crippen LogP contribution in [-0.2, 0) is 4.74 Å². The fourth-order valence-electron chi connectivity index (χ4n) is 0.918. The van der Waals surface area contributed by atoms with Crippen molar-refractivity contribution in [3.63, 3.8) is 0 Å². The van der Waals surface area contributed by atoms with Crippen molar-refractivity contribution in [2.24, 2.45) is 5.92 Å². The summed E-state index contributed by atoms with van der Waals surface area (Å²) in [5, 5.41) is 4.03. The summed E-state index contributed by atoms with van der Waals surface area (Å²) < 4.78 is 9.49. The van der Waals surface area contributed by atoms with E-state index in [4.69, 9.17) is 4.74 Å². The van der Waals surface area contributed by atoms with E-state index in [0.717, 1.165) is 30.7 Å². The van der Waals surface area contributed by atoms with Crippen molar-refractivity contribution in [1.29, 1.82) is 0 Å². The van der Waals surface area contributed by atoms with E-state index in [9.17, 15) is 0 Å². The van der Waals surface area contributed by atoms with Crippen LogP contribution in [0.3, 0.4) is 0 Å². The molecule has 4 nitrogen and oxygen atoms in total. The third-order valence-electron chi connectivity index (χ3n) is 1.50. The van der Waals surface area contributed by atoms with Gasteiger partial charge in [-0.2, -0.15) is 4.37 Å². The Labute approximate surface area is 88.9 Å². The lowest BCUT2D eigenvalue weighted by Gasteiger charge is -2.06. The second-order valence-electron chi connectivity index (χ2n) is 3.54. The predicted octanol–water partition coefficient (Wildman–Crippen LogP) is 1.93. The van der Waals surface area contributed by atoms with E-state index >= 15 is 0 Å². The molecular weight excluding hydrogens is 198 g/mol. The van der Waals surface area contributed by atoms with Crippen molar-refractivity contribution in [2.75, 3.05) is 25.1 Å². The molecule has 0 aliphatic rings. The molecule has 1 heterocycles. The molecule has 0 saturated carbocycles. The van der Waals surface area contributed by atoms with Gasteiger partial charge in [-0.25, -0.2) is 4.98 Å². The number of aryl methyl sites for hydroxylation is 1. The summed E-state index contributed by atoms with van der Waals surface area (Å²) in [7, 11) is 0. The number of nitrogens with one attached hydrogen (secondary N) is 1. The van der Waals surface area contributed by atoms with Crippen molar-refractivity contribution in [3.05, 3.63) is 5.82 Å². The highest BCUT2D eigenvalue weighted by atomic mass is 32.1. The zero-order valence-corrected chi connectivity index (χ0v) is 9.73. The zero-order chi connectivity index (χ0) is 10.4. The molecular formula is C9H17N3OS. The average Bonchev–Trinajstić information content (AvgIpc) is 2.50. The van der Waals surface area contributed by atoms with Crippen LogP contribution < -0.4 is 5.32 Å². The lowest BCUT2D eigenvalue weighted by molar-refractivity contribution is 0.118. The van der Waals surface area contributed by atoms with Crippen LogP contribution in [-0.4, -0.2) is 29.1 Å². The molecule has 0 radical (unpaired) electrons. The molecule has 0 bridgehead atoms. The molecule has 5 heteroatoms. The minimum absolute atomic E-state index is 0.596. The van der Waals surface area contributed by atoms with Gasteiger partial charge in [-0.15, -0.1) is 0 Å². The molecule has 14 heavy (non-hydrogen) atoms. The van der Waals surface area contributed by atoms with Gasteiger partial charge in [0.1, 0.15) is 5.82 Å². The van der Waals surface area contributed by atoms with Crippen molar-refractivity contribution < 1.29 is 4.74 Å². The Morgan fingerprint density at radius 2 is 2.29 bits per heavy atom. The first kappa shape index (κ1) is 11.4. The first-order valence-corrected chi connectivity index (χ1v) is 5.57. The average molecular weight is 215 g/mol. The van der Waals surface area contributed by atoms with Crippen LogP contribution in [0.15, 0.2) is 0 Å². The second kappa shape index (κ2) is 5.93. The number of rotatable bonds is 6. The predicted molar refractivity (Wildman–Crippen MR) is 58.8 cm³/mol. The number of hydrogen-bond acceptors (Lipinski definition) is 5. The molecule has 0 saturated heterocycles. The molecule has 0 atom stereocenters. The third kappa shape index (κ3) is 4.53. The van der Waals surface area contributed by atoms with Crippen LogP contribution in [0.5, 0.6) is 0 Å². The number of hydrogen-bond donors (Lipinski definition) is 1. The summed E-state index contributed by atoms with van der Waals surface area (Å²) in [5.41, 5.74) is 0. The summed E-state index contributed by atoms with van der Waals surface area (Å²) in [4.78, 5) is 4.18. The molecule has 80 valence electrons. The summed E-state index contributed by atoms with van der Waals surface area (Å²) in [6.45, 7) is 8.50. The van der Waals surface area contributed by atoms with Gasteiger partial charge in [0.15, 0.2) is 0 Å². The Morgan fingerprint density at radius 3 is 2.86 bits per heavy atom. The first-order valence-electron chi connectivity index (χ1n) is 4.80. The van der Waals surface area contributed by atoms with Gasteiger partial charge in [0.25, 0.3) is 0 Å². The fourth-order valence-corrected chi connectivity index (χ4v) is 1.52. The van der Waals surface area contributed by atoms with Crippen LogP contribution in [0, 0.1) is 12.8 Å². The molecule has 0 aromatic carbocycles. The van der Waals surface area contributed by atoms with E-state index in [2.05, 4.69) is 28.5 Å². The largest absolute Gasteiger partial charge is 0.379 e. The molecule has 0 fully saturated rings. The number of nitrogens with zero attached hydrogens (tertiary/aromatic N) is 2. The molecule has 1 aromatic heterocycles. The zero-order valence-electron chi connectivity index (χ0n) is 8.91. The van der Waals surface area contributed by atoms with Crippen molar-refractivity contribution in [2.45, 2.75) is 20.8 Å². The molecule has 0 spiro atoms. The maximum Gasteiger partial charge on any atom is 0.202 e. The van der Waals surface area contributed by atoms with Gasteiger partial charge in [0.2, 0.25) is 5.13 Å². The summed E-state index contributed by atoms with van der Waals surface area (Å²) in [6.07, 6.45) is 0. The van der Waals surface area contributed by atoms with E-state index in [1.807, 2.05) is 6.92 Å². The summed E-state index contributed by atoms with van der Waals surface area (Å²) in [6, 6.07) is 0. The molecule has 0 amide bonds. The van der Waals surface area contributed by atoms with Gasteiger partial charge in [-0.05, 0) is 12.8 Å². The van der Waals surface area contributed by atoms with E-state index < -0.39 is 0 Å². The highest BCUT2D eigenvalue weighted by molar-refractivity contribution is 7.09. The van der Waals surface area contributed by atoms with E-state index in [1.54, 1.807) is 0 Å². The fraction of sp³-hybridized carbons (Fsp3) is 0.778. The number of ether oxygens (including phenoxy) is 1. The van der Waals surface area contributed by atoms with Crippen LogP contribution in [0.4, 0.5) is 5.13 Å². The van der Waals surface area contributed by atoms with E-state index in [-0.39, 0.29) is 0 Å². The van der Waals surface area contributed by atoms with Crippen molar-refractivity contribution in [3.8, 4) is 0 Å². The van der Waals surface area contributed by atoms with Crippen LogP contribution in [0.25, 0.3) is 0 Å². The molecule has 1 aromatic rings. The normalized spacial score (nSPS) is 10.9. The molecule has 0 aliphatic heterocycles. The summed E-state index contributed by atoms with van der Waals surface area (Å²) >= 11 is 1.39. The summed E-state index contributed by atoms with van der Waals surface area (Å²) in [5.74, 6) is 1.42. The van der Waals surface area contributed by atoms with Gasteiger partial charge in [-0.3, -0.25) is 0 Å². The van der Waals surface area contributed by atoms with Gasteiger partial charge in [0, 0.05) is 24.7 Å². The highest BCUT2D eigenvalue weighted by Crippen LogP contribution is 2.08. The number of aromatic nitrogens is 2. The maximum absolute atomic E-state index is 5.42. The Kier molecular flexibility index (Phi) is 4.82. The SMILES string of the molecule is Cc1nsc(NCCOCC(C)C)n1. The van der Waals surface area contributed by atoms with Crippen LogP contribution >= 0.6 is 11.5 Å². The highest BCUT2D eigenvalue weighted by Gasteiger charge is 1.98. The van der Waals surface area contributed by atoms with Crippen LogP contribution in [0.2, 0.25) is 0 Å². The lowest BCUT2D eigenvalue weighted by atomic mass is 10.2. The minimum Gasteiger partial charge on any atom is -0.379 e. The Hall–Kier alpha value is -0.680. The second-order valence-corrected chi connectivity index (χ2v) is 4.29. The van der Waals surface area contributed by atoms with Crippen LogP contribution in [0.1, 0.15) is 19.7 Å². The van der Waals surface area contributed by atoms with E-state index in [1.165, 1.54) is 11.5 Å². The smallest absolute Gasteiger partial charge is 0.202 e. The Bertz CT molecular complexity index is 262. The lowest BCUT2D eigenvalue weighted by Crippen LogP contribution is -2.11. The first-order chi connectivity index (χ1) is 6.68. The minimum atomic E-state index is 0.596. The van der Waals surface area contributed by atoms with Crippen molar-refractivity contribution >= 4 is 16.7 Å². The topological polar surface area (TPSA) is 47.0 Å². The standard InChI is InChI=1S/C9H17N3OS/c1-7(2)6-13-5-4-10-9-11-8(3)12-14-9/h7H,4-6H2,1-3H3,(H,10,11,12). The molecule has 1 rings (SSSR count). The van der Waals surface area contributed by atoms with Crippen molar-refractivity contribution in [1.82, 2.24) is 9.36 Å². The quantitative estimate of drug-likeness (QED) is 0.737. The molecule has 0 unspecified atom stereocenters. The monoisotopic (exact) mass is 215 g/mol. The molecule has 0 aliphatic carbocycles. The third-order valence-corrected chi connectivity index (χ3v) is 2.27. The number of anilines is 1. The van der Waals surface area contributed by atoms with E-state index in [0.29, 0.717) is 5.92 Å². The van der Waals surface area contributed by atoms with Gasteiger partial charge >= 0.3 is 0 Å².